The average molecular weight is 356 g/mol. The molecule has 2 aromatic rings. The van der Waals surface area contributed by atoms with Crippen LogP contribution < -0.4 is 5.32 Å². The second-order valence-corrected chi connectivity index (χ2v) is 7.50. The molecule has 0 aliphatic carbocycles. The maximum absolute atomic E-state index is 12.6. The molecule has 2 N–H and O–H groups in total. The Bertz CT molecular complexity index is 818. The molecule has 0 saturated heterocycles. The Morgan fingerprint density at radius 3 is 2.58 bits per heavy atom. The molecular formula is C19H24N4O3. The standard InChI is InChI=1S/C19H24N4O3/c1-12-5-7-13(8-6-12)20-17(24)16-14-11-23(10-9-15(14)21-22-16)18(25)26-19(2,3)4/h5-8H,9-11H2,1-4H3,(H,20,24)(H,21,22). The minimum atomic E-state index is -0.556. The van der Waals surface area contributed by atoms with E-state index in [1.807, 2.05) is 52.0 Å². The Hall–Kier alpha value is -2.83. The Morgan fingerprint density at radius 1 is 1.23 bits per heavy atom. The van der Waals surface area contributed by atoms with Crippen LogP contribution in [-0.4, -0.2) is 39.2 Å². The molecule has 0 bridgehead atoms. The third-order valence-electron chi connectivity index (χ3n) is 4.11. The van der Waals surface area contributed by atoms with E-state index in [-0.39, 0.29) is 12.0 Å². The number of aromatic amines is 1. The molecule has 3 rings (SSSR count). The molecule has 7 nitrogen and oxygen atoms in total. The molecule has 2 amide bonds. The van der Waals surface area contributed by atoms with Crippen LogP contribution in [0.4, 0.5) is 10.5 Å². The lowest BCUT2D eigenvalue weighted by molar-refractivity contribution is 0.0222. The van der Waals surface area contributed by atoms with Crippen molar-refractivity contribution >= 4 is 17.7 Å². The first-order valence-electron chi connectivity index (χ1n) is 8.65. The summed E-state index contributed by atoms with van der Waals surface area (Å²) >= 11 is 0. The lowest BCUT2D eigenvalue weighted by atomic mass is 10.1. The van der Waals surface area contributed by atoms with Crippen molar-refractivity contribution < 1.29 is 14.3 Å². The topological polar surface area (TPSA) is 87.3 Å². The summed E-state index contributed by atoms with van der Waals surface area (Å²) in [6.07, 6.45) is 0.230. The molecule has 0 unspecified atom stereocenters. The van der Waals surface area contributed by atoms with E-state index in [1.165, 1.54) is 0 Å². The molecule has 1 aromatic heterocycles. The van der Waals surface area contributed by atoms with Crippen molar-refractivity contribution in [2.24, 2.45) is 0 Å². The molecule has 0 fully saturated rings. The zero-order chi connectivity index (χ0) is 18.9. The van der Waals surface area contributed by atoms with Gasteiger partial charge in [-0.3, -0.25) is 9.89 Å². The smallest absolute Gasteiger partial charge is 0.410 e. The number of carbonyl (C=O) groups excluding carboxylic acids is 2. The maximum Gasteiger partial charge on any atom is 0.410 e. The first-order chi connectivity index (χ1) is 12.2. The third kappa shape index (κ3) is 4.04. The summed E-state index contributed by atoms with van der Waals surface area (Å²) in [5.74, 6) is -0.294. The normalized spacial score (nSPS) is 13.9. The molecule has 1 aromatic carbocycles. The number of rotatable bonds is 2. The highest BCUT2D eigenvalue weighted by Gasteiger charge is 2.30. The quantitative estimate of drug-likeness (QED) is 0.864. The van der Waals surface area contributed by atoms with Gasteiger partial charge in [0.25, 0.3) is 5.91 Å². The number of fused-ring (bicyclic) bond motifs is 1. The molecule has 0 saturated carbocycles. The van der Waals surface area contributed by atoms with Gasteiger partial charge < -0.3 is 15.0 Å². The van der Waals surface area contributed by atoms with Gasteiger partial charge in [-0.05, 0) is 39.8 Å². The molecule has 7 heteroatoms. The number of ether oxygens (including phenoxy) is 1. The second kappa shape index (κ2) is 6.82. The van der Waals surface area contributed by atoms with Crippen molar-refractivity contribution in [2.45, 2.75) is 46.3 Å². The number of nitrogens with zero attached hydrogens (tertiary/aromatic N) is 2. The first kappa shape index (κ1) is 18.0. The monoisotopic (exact) mass is 356 g/mol. The van der Waals surface area contributed by atoms with Crippen molar-refractivity contribution in [2.75, 3.05) is 11.9 Å². The molecule has 0 radical (unpaired) electrons. The fourth-order valence-corrected chi connectivity index (χ4v) is 2.79. The van der Waals surface area contributed by atoms with Gasteiger partial charge in [-0.2, -0.15) is 5.10 Å². The molecule has 1 aliphatic rings. The van der Waals surface area contributed by atoms with Crippen LogP contribution in [-0.2, 0) is 17.7 Å². The summed E-state index contributed by atoms with van der Waals surface area (Å²) in [5.41, 5.74) is 3.21. The van der Waals surface area contributed by atoms with E-state index in [1.54, 1.807) is 4.90 Å². The number of benzene rings is 1. The van der Waals surface area contributed by atoms with E-state index in [4.69, 9.17) is 4.74 Å². The highest BCUT2D eigenvalue weighted by molar-refractivity contribution is 6.04. The number of aromatic nitrogens is 2. The van der Waals surface area contributed by atoms with E-state index < -0.39 is 5.60 Å². The first-order valence-corrected chi connectivity index (χ1v) is 8.65. The van der Waals surface area contributed by atoms with Gasteiger partial charge in [0.1, 0.15) is 5.60 Å². The average Bonchev–Trinajstić information content (AvgIpc) is 2.98. The van der Waals surface area contributed by atoms with E-state index in [0.717, 1.165) is 16.8 Å². The van der Waals surface area contributed by atoms with Gasteiger partial charge in [0.15, 0.2) is 5.69 Å². The van der Waals surface area contributed by atoms with Gasteiger partial charge in [-0.15, -0.1) is 0 Å². The third-order valence-corrected chi connectivity index (χ3v) is 4.11. The summed E-state index contributed by atoms with van der Waals surface area (Å²) in [7, 11) is 0. The van der Waals surface area contributed by atoms with Crippen LogP contribution in [0.3, 0.4) is 0 Å². The van der Waals surface area contributed by atoms with Crippen molar-refractivity contribution in [3.05, 3.63) is 46.8 Å². The number of amides is 2. The van der Waals surface area contributed by atoms with Gasteiger partial charge in [-0.25, -0.2) is 4.79 Å². The summed E-state index contributed by atoms with van der Waals surface area (Å²) in [4.78, 5) is 26.5. The summed E-state index contributed by atoms with van der Waals surface area (Å²) in [6.45, 7) is 8.32. The molecule has 26 heavy (non-hydrogen) atoms. The molecule has 1 aliphatic heterocycles. The minimum absolute atomic E-state index is 0.294. The van der Waals surface area contributed by atoms with Crippen LogP contribution >= 0.6 is 0 Å². The maximum atomic E-state index is 12.6. The zero-order valence-electron chi connectivity index (χ0n) is 15.5. The highest BCUT2D eigenvalue weighted by atomic mass is 16.6. The minimum Gasteiger partial charge on any atom is -0.444 e. The van der Waals surface area contributed by atoms with Crippen LogP contribution in [0.1, 0.15) is 48.1 Å². The van der Waals surface area contributed by atoms with Crippen LogP contribution in [0.25, 0.3) is 0 Å². The molecule has 0 atom stereocenters. The number of aryl methyl sites for hydroxylation is 1. The zero-order valence-corrected chi connectivity index (χ0v) is 15.5. The van der Waals surface area contributed by atoms with Crippen LogP contribution in [0.2, 0.25) is 0 Å². The molecule has 0 spiro atoms. The van der Waals surface area contributed by atoms with Crippen LogP contribution in [0.15, 0.2) is 24.3 Å². The van der Waals surface area contributed by atoms with Gasteiger partial charge >= 0.3 is 6.09 Å². The summed E-state index contributed by atoms with van der Waals surface area (Å²) in [6, 6.07) is 7.55. The van der Waals surface area contributed by atoms with Crippen molar-refractivity contribution in [1.82, 2.24) is 15.1 Å². The van der Waals surface area contributed by atoms with Crippen molar-refractivity contribution in [3.8, 4) is 0 Å². The van der Waals surface area contributed by atoms with Gasteiger partial charge in [0.05, 0.1) is 6.54 Å². The van der Waals surface area contributed by atoms with Crippen molar-refractivity contribution in [1.29, 1.82) is 0 Å². The largest absolute Gasteiger partial charge is 0.444 e. The number of hydrogen-bond acceptors (Lipinski definition) is 4. The Balaban J connectivity index is 1.74. The summed E-state index contributed by atoms with van der Waals surface area (Å²) < 4.78 is 5.43. The number of nitrogens with one attached hydrogen (secondary N) is 2. The van der Waals surface area contributed by atoms with Gasteiger partial charge in [0.2, 0.25) is 0 Å². The lowest BCUT2D eigenvalue weighted by Crippen LogP contribution is -2.40. The molecule has 2 heterocycles. The summed E-state index contributed by atoms with van der Waals surface area (Å²) in [5, 5.41) is 9.93. The predicted octanol–water partition coefficient (Wildman–Crippen LogP) is 3.26. The van der Waals surface area contributed by atoms with E-state index in [9.17, 15) is 9.59 Å². The Labute approximate surface area is 152 Å². The second-order valence-electron chi connectivity index (χ2n) is 7.50. The fraction of sp³-hybridized carbons (Fsp3) is 0.421. The van der Waals surface area contributed by atoms with Gasteiger partial charge in [0, 0.05) is 29.9 Å². The molecule has 138 valence electrons. The number of anilines is 1. The molecular weight excluding hydrogens is 332 g/mol. The van der Waals surface area contributed by atoms with E-state index in [2.05, 4.69) is 15.5 Å². The predicted molar refractivity (Wildman–Crippen MR) is 98.1 cm³/mol. The fourth-order valence-electron chi connectivity index (χ4n) is 2.79. The Kier molecular flexibility index (Phi) is 4.71. The van der Waals surface area contributed by atoms with E-state index >= 15 is 0 Å². The Morgan fingerprint density at radius 2 is 1.92 bits per heavy atom. The van der Waals surface area contributed by atoms with Crippen LogP contribution in [0, 0.1) is 6.92 Å². The van der Waals surface area contributed by atoms with Crippen LogP contribution in [0.5, 0.6) is 0 Å². The SMILES string of the molecule is Cc1ccc(NC(=O)c2n[nH]c3c2CN(C(=O)OC(C)(C)C)CC3)cc1. The van der Waals surface area contributed by atoms with Crippen molar-refractivity contribution in [3.63, 3.8) is 0 Å². The lowest BCUT2D eigenvalue weighted by Gasteiger charge is -2.30. The number of hydrogen-bond donors (Lipinski definition) is 2. The number of H-pyrrole nitrogens is 1. The van der Waals surface area contributed by atoms with E-state index in [0.29, 0.717) is 30.9 Å². The number of carbonyl (C=O) groups is 2. The highest BCUT2D eigenvalue weighted by Crippen LogP contribution is 2.23. The van der Waals surface area contributed by atoms with Gasteiger partial charge in [-0.1, -0.05) is 17.7 Å².